The first-order valence-corrected chi connectivity index (χ1v) is 12.3. The monoisotopic (exact) mass is 427 g/mol. The van der Waals surface area contributed by atoms with Gasteiger partial charge in [-0.15, -0.1) is 23.1 Å². The Morgan fingerprint density at radius 2 is 1.93 bits per heavy atom. The van der Waals surface area contributed by atoms with E-state index in [2.05, 4.69) is 82.0 Å². The smallest absolute Gasteiger partial charge is 0.221 e. The molecule has 0 spiro atoms. The third-order valence-electron chi connectivity index (χ3n) is 5.67. The Labute approximate surface area is 182 Å². The highest BCUT2D eigenvalue weighted by Crippen LogP contribution is 2.30. The molecule has 154 valence electrons. The minimum Gasteiger partial charge on any atom is -0.369 e. The Hall–Kier alpha value is -1.76. The van der Waals surface area contributed by atoms with Crippen molar-refractivity contribution in [1.82, 2.24) is 10.2 Å². The molecule has 1 aromatic carbocycles. The number of amides is 1. The van der Waals surface area contributed by atoms with Crippen molar-refractivity contribution in [3.05, 3.63) is 64.9 Å². The molecule has 3 heterocycles. The summed E-state index contributed by atoms with van der Waals surface area (Å²) in [6.45, 7) is 6.17. The lowest BCUT2D eigenvalue weighted by atomic mass is 10.0. The number of carbonyl (C=O) groups excluding carboxylic acids is 1. The summed E-state index contributed by atoms with van der Waals surface area (Å²) in [4.78, 5) is 19.0. The van der Waals surface area contributed by atoms with Crippen LogP contribution in [0.4, 0.5) is 5.69 Å². The van der Waals surface area contributed by atoms with Crippen molar-refractivity contribution in [2.75, 3.05) is 36.8 Å². The number of nitrogens with one attached hydrogen (secondary N) is 1. The van der Waals surface area contributed by atoms with Crippen LogP contribution in [0.25, 0.3) is 0 Å². The van der Waals surface area contributed by atoms with Gasteiger partial charge in [0.25, 0.3) is 0 Å². The molecule has 4 rings (SSSR count). The molecule has 2 aliphatic heterocycles. The van der Waals surface area contributed by atoms with Crippen LogP contribution in [0.1, 0.15) is 24.3 Å². The summed E-state index contributed by atoms with van der Waals surface area (Å²) in [7, 11) is 0. The summed E-state index contributed by atoms with van der Waals surface area (Å²) in [6.07, 6.45) is 4.89. The first-order chi connectivity index (χ1) is 14.2. The highest BCUT2D eigenvalue weighted by Gasteiger charge is 2.31. The van der Waals surface area contributed by atoms with E-state index in [0.717, 1.165) is 31.9 Å². The van der Waals surface area contributed by atoms with E-state index in [-0.39, 0.29) is 18.0 Å². The van der Waals surface area contributed by atoms with E-state index in [4.69, 9.17) is 0 Å². The van der Waals surface area contributed by atoms with Crippen LogP contribution in [0.3, 0.4) is 0 Å². The zero-order chi connectivity index (χ0) is 20.1. The Morgan fingerprint density at radius 1 is 1.14 bits per heavy atom. The summed E-state index contributed by atoms with van der Waals surface area (Å²) in [5, 5.41) is 5.77. The Morgan fingerprint density at radius 3 is 2.59 bits per heavy atom. The Kier molecular flexibility index (Phi) is 6.95. The number of anilines is 1. The molecule has 0 bridgehead atoms. The first kappa shape index (κ1) is 20.5. The fourth-order valence-corrected chi connectivity index (χ4v) is 6.17. The van der Waals surface area contributed by atoms with Crippen LogP contribution in [0, 0.1) is 0 Å². The molecule has 2 aliphatic rings. The quantitative estimate of drug-likeness (QED) is 0.673. The van der Waals surface area contributed by atoms with Crippen LogP contribution >= 0.6 is 23.1 Å². The number of para-hydroxylation sites is 1. The lowest BCUT2D eigenvalue weighted by Crippen LogP contribution is -2.52. The Bertz CT molecular complexity index is 801. The molecule has 0 aliphatic carbocycles. The molecule has 3 atom stereocenters. The van der Waals surface area contributed by atoms with Crippen LogP contribution < -0.4 is 10.2 Å². The van der Waals surface area contributed by atoms with Gasteiger partial charge in [0.05, 0.1) is 6.04 Å². The molecule has 29 heavy (non-hydrogen) atoms. The maximum absolute atomic E-state index is 12.6. The van der Waals surface area contributed by atoms with Gasteiger partial charge in [0, 0.05) is 60.2 Å². The number of piperazine rings is 1. The molecule has 0 saturated carbocycles. The minimum atomic E-state index is 0.0832. The summed E-state index contributed by atoms with van der Waals surface area (Å²) >= 11 is 3.63. The van der Waals surface area contributed by atoms with E-state index in [1.807, 2.05) is 11.8 Å². The summed E-state index contributed by atoms with van der Waals surface area (Å²) < 4.78 is 0. The van der Waals surface area contributed by atoms with Gasteiger partial charge in [-0.1, -0.05) is 36.4 Å². The van der Waals surface area contributed by atoms with Crippen molar-refractivity contribution in [3.8, 4) is 0 Å². The van der Waals surface area contributed by atoms with E-state index in [0.29, 0.717) is 11.7 Å². The summed E-state index contributed by atoms with van der Waals surface area (Å²) in [5.74, 6) is 1.18. The third-order valence-corrected chi connectivity index (χ3v) is 7.75. The average molecular weight is 428 g/mol. The van der Waals surface area contributed by atoms with Gasteiger partial charge in [-0.3, -0.25) is 9.69 Å². The normalized spacial score (nSPS) is 21.8. The van der Waals surface area contributed by atoms with Gasteiger partial charge in [0.15, 0.2) is 0 Å². The molecule has 1 aromatic heterocycles. The van der Waals surface area contributed by atoms with Crippen molar-refractivity contribution in [2.45, 2.75) is 30.7 Å². The van der Waals surface area contributed by atoms with E-state index < -0.39 is 0 Å². The van der Waals surface area contributed by atoms with Gasteiger partial charge in [-0.05, 0) is 30.5 Å². The fourth-order valence-electron chi connectivity index (χ4n) is 4.24. The van der Waals surface area contributed by atoms with Crippen LogP contribution in [0.2, 0.25) is 0 Å². The molecule has 2 aromatic rings. The minimum absolute atomic E-state index is 0.0832. The Balaban J connectivity index is 1.39. The standard InChI is InChI=1S/C23H29N3OS2/c1-18(24-22(27)17-20-9-5-15-28-20)23(21-10-6-16-29-21)26-13-11-25(12-14-26)19-7-3-2-4-8-19/h2-10,16,18,20,23H,11-15,17H2,1H3,(H,24,27). The van der Waals surface area contributed by atoms with Crippen molar-refractivity contribution >= 4 is 34.7 Å². The average Bonchev–Trinajstić information content (AvgIpc) is 3.44. The van der Waals surface area contributed by atoms with Crippen LogP contribution in [-0.4, -0.2) is 54.0 Å². The molecule has 1 fully saturated rings. The van der Waals surface area contributed by atoms with Crippen molar-refractivity contribution in [1.29, 1.82) is 0 Å². The van der Waals surface area contributed by atoms with Gasteiger partial charge in [0.1, 0.15) is 0 Å². The number of thioether (sulfide) groups is 1. The SMILES string of the molecule is CC(NC(=O)CC1C=CCS1)C(c1cccs1)N1CCN(c2ccccc2)CC1. The molecule has 0 radical (unpaired) electrons. The zero-order valence-corrected chi connectivity index (χ0v) is 18.5. The lowest BCUT2D eigenvalue weighted by molar-refractivity contribution is -0.122. The highest BCUT2D eigenvalue weighted by atomic mass is 32.2. The maximum atomic E-state index is 12.6. The highest BCUT2D eigenvalue weighted by molar-refractivity contribution is 8.00. The predicted octanol–water partition coefficient (Wildman–Crippen LogP) is 4.18. The van der Waals surface area contributed by atoms with Gasteiger partial charge in [-0.25, -0.2) is 0 Å². The van der Waals surface area contributed by atoms with E-state index in [1.165, 1.54) is 10.6 Å². The van der Waals surface area contributed by atoms with Crippen molar-refractivity contribution < 1.29 is 4.79 Å². The number of hydrogen-bond donors (Lipinski definition) is 1. The van der Waals surface area contributed by atoms with Gasteiger partial charge in [-0.2, -0.15) is 0 Å². The molecule has 4 nitrogen and oxygen atoms in total. The van der Waals surface area contributed by atoms with Crippen LogP contribution in [-0.2, 0) is 4.79 Å². The second-order valence-corrected chi connectivity index (χ2v) is 9.93. The van der Waals surface area contributed by atoms with Gasteiger partial charge in [0.2, 0.25) is 5.91 Å². The third kappa shape index (κ3) is 5.24. The molecular weight excluding hydrogens is 398 g/mol. The van der Waals surface area contributed by atoms with Crippen molar-refractivity contribution in [2.24, 2.45) is 0 Å². The molecule has 6 heteroatoms. The first-order valence-electron chi connectivity index (χ1n) is 10.4. The molecule has 1 amide bonds. The molecule has 1 saturated heterocycles. The van der Waals surface area contributed by atoms with Crippen molar-refractivity contribution in [3.63, 3.8) is 0 Å². The number of hydrogen-bond acceptors (Lipinski definition) is 5. The predicted molar refractivity (Wildman–Crippen MR) is 125 cm³/mol. The number of thiophene rings is 1. The molecular formula is C23H29N3OS2. The largest absolute Gasteiger partial charge is 0.369 e. The number of nitrogens with zero attached hydrogens (tertiary/aromatic N) is 2. The van der Waals surface area contributed by atoms with Crippen LogP contribution in [0.5, 0.6) is 0 Å². The van der Waals surface area contributed by atoms with E-state index >= 15 is 0 Å². The summed E-state index contributed by atoms with van der Waals surface area (Å²) in [6, 6.07) is 15.3. The zero-order valence-electron chi connectivity index (χ0n) is 16.9. The number of carbonyl (C=O) groups is 1. The maximum Gasteiger partial charge on any atom is 0.221 e. The topological polar surface area (TPSA) is 35.6 Å². The lowest BCUT2D eigenvalue weighted by Gasteiger charge is -2.42. The number of rotatable bonds is 7. The fraction of sp³-hybridized carbons (Fsp3) is 0.435. The van der Waals surface area contributed by atoms with E-state index in [9.17, 15) is 4.79 Å². The molecule has 3 unspecified atom stereocenters. The molecule has 1 N–H and O–H groups in total. The van der Waals surface area contributed by atoms with Gasteiger partial charge < -0.3 is 10.2 Å². The van der Waals surface area contributed by atoms with E-state index in [1.54, 1.807) is 11.3 Å². The van der Waals surface area contributed by atoms with Crippen LogP contribution in [0.15, 0.2) is 60.0 Å². The van der Waals surface area contributed by atoms with Gasteiger partial charge >= 0.3 is 0 Å². The number of benzene rings is 1. The summed E-state index contributed by atoms with van der Waals surface area (Å²) in [5.41, 5.74) is 1.29. The second kappa shape index (κ2) is 9.83. The second-order valence-electron chi connectivity index (χ2n) is 7.68.